The van der Waals surface area contributed by atoms with Crippen LogP contribution in [0.2, 0.25) is 0 Å². The van der Waals surface area contributed by atoms with Gasteiger partial charge in [-0.1, -0.05) is 0 Å². The number of nitrogens with zero attached hydrogens (tertiary/aromatic N) is 3. The summed E-state index contributed by atoms with van der Waals surface area (Å²) < 4.78 is 31.7. The van der Waals surface area contributed by atoms with Crippen LogP contribution in [0.3, 0.4) is 0 Å². The van der Waals surface area contributed by atoms with Gasteiger partial charge in [0.15, 0.2) is 12.4 Å². The highest BCUT2D eigenvalue weighted by Crippen LogP contribution is 2.18. The lowest BCUT2D eigenvalue weighted by Crippen LogP contribution is -2.41. The van der Waals surface area contributed by atoms with Crippen molar-refractivity contribution in [3.05, 3.63) is 29.2 Å². The molecule has 0 bridgehead atoms. The lowest BCUT2D eigenvalue weighted by atomic mass is 10.3. The van der Waals surface area contributed by atoms with Gasteiger partial charge in [-0.25, -0.2) is 8.42 Å². The molecule has 3 radical (unpaired) electrons. The Labute approximate surface area is 106 Å². The first-order valence-electron chi connectivity index (χ1n) is 5.29. The zero-order valence-corrected chi connectivity index (χ0v) is 10.8. The number of pyridine rings is 1. The molecule has 2 rings (SSSR count). The van der Waals surface area contributed by atoms with Gasteiger partial charge in [-0.15, -0.1) is 0 Å². The predicted octanol–water partition coefficient (Wildman–Crippen LogP) is -0.831. The SMILES string of the molecule is Cc1c[n+]([O-])ccc1S(=O)(=O)N1CCOCC1.[N]. The zero-order valence-electron chi connectivity index (χ0n) is 9.94. The first-order chi connectivity index (χ1) is 8.01. The van der Waals surface area contributed by atoms with Crippen molar-refractivity contribution < 1.29 is 17.9 Å². The molecule has 7 nitrogen and oxygen atoms in total. The second-order valence-electron chi connectivity index (χ2n) is 3.87. The molecule has 1 aliphatic heterocycles. The third-order valence-corrected chi connectivity index (χ3v) is 4.73. The third-order valence-electron chi connectivity index (χ3n) is 2.67. The van der Waals surface area contributed by atoms with E-state index in [1.165, 1.54) is 22.8 Å². The topological polar surface area (TPSA) is 104 Å². The molecule has 1 saturated heterocycles. The Morgan fingerprint density at radius 1 is 1.39 bits per heavy atom. The van der Waals surface area contributed by atoms with E-state index in [0.29, 0.717) is 36.6 Å². The smallest absolute Gasteiger partial charge is 0.243 e. The number of aryl methyl sites for hydroxylation is 1. The van der Waals surface area contributed by atoms with E-state index in [9.17, 15) is 13.6 Å². The van der Waals surface area contributed by atoms with Crippen LogP contribution < -0.4 is 10.9 Å². The molecule has 2 heterocycles. The van der Waals surface area contributed by atoms with Crippen molar-refractivity contribution in [3.8, 4) is 0 Å². The fourth-order valence-electron chi connectivity index (χ4n) is 1.79. The number of sulfonamides is 1. The Hall–Kier alpha value is -1.22. The number of hydrogen-bond donors (Lipinski definition) is 0. The van der Waals surface area contributed by atoms with E-state index in [0.717, 1.165) is 0 Å². The summed E-state index contributed by atoms with van der Waals surface area (Å²) in [5.74, 6) is 0. The molecule has 1 aliphatic rings. The molecule has 0 atom stereocenters. The minimum atomic E-state index is -3.51. The van der Waals surface area contributed by atoms with Crippen LogP contribution >= 0.6 is 0 Å². The van der Waals surface area contributed by atoms with Gasteiger partial charge in [-0.05, 0) is 6.92 Å². The number of aromatic nitrogens is 1. The van der Waals surface area contributed by atoms with Crippen molar-refractivity contribution >= 4 is 10.0 Å². The lowest BCUT2D eigenvalue weighted by molar-refractivity contribution is -0.606. The predicted molar refractivity (Wildman–Crippen MR) is 61.9 cm³/mol. The Kier molecular flexibility index (Phi) is 4.63. The van der Waals surface area contributed by atoms with Gasteiger partial charge in [0.05, 0.1) is 18.1 Å². The summed E-state index contributed by atoms with van der Waals surface area (Å²) in [6.07, 6.45) is 2.45. The Balaban J connectivity index is 0.00000162. The van der Waals surface area contributed by atoms with E-state index in [1.54, 1.807) is 6.92 Å². The second-order valence-corrected chi connectivity index (χ2v) is 5.77. The van der Waals surface area contributed by atoms with Crippen LogP contribution in [-0.4, -0.2) is 39.0 Å². The summed E-state index contributed by atoms with van der Waals surface area (Å²) >= 11 is 0. The molecule has 1 fully saturated rings. The van der Waals surface area contributed by atoms with Crippen molar-refractivity contribution in [3.63, 3.8) is 0 Å². The summed E-state index contributed by atoms with van der Waals surface area (Å²) in [4.78, 5) is 0.187. The summed E-state index contributed by atoms with van der Waals surface area (Å²) in [5, 5.41) is 11.0. The molecule has 0 spiro atoms. The monoisotopic (exact) mass is 272 g/mol. The molecule has 1 aromatic heterocycles. The molecule has 0 N–H and O–H groups in total. The van der Waals surface area contributed by atoms with Crippen molar-refractivity contribution in [2.24, 2.45) is 0 Å². The second kappa shape index (κ2) is 5.61. The van der Waals surface area contributed by atoms with Crippen molar-refractivity contribution in [2.75, 3.05) is 26.3 Å². The van der Waals surface area contributed by atoms with Crippen LogP contribution in [0.5, 0.6) is 0 Å². The molecule has 0 aromatic carbocycles. The van der Waals surface area contributed by atoms with Gasteiger partial charge in [0.1, 0.15) is 0 Å². The van der Waals surface area contributed by atoms with E-state index in [2.05, 4.69) is 0 Å². The molecule has 18 heavy (non-hydrogen) atoms. The molecule has 0 unspecified atom stereocenters. The van der Waals surface area contributed by atoms with E-state index in [-0.39, 0.29) is 11.0 Å². The Morgan fingerprint density at radius 3 is 2.56 bits per heavy atom. The summed E-state index contributed by atoms with van der Waals surface area (Å²) in [6, 6.07) is 1.34. The minimum absolute atomic E-state index is 0. The van der Waals surface area contributed by atoms with Gasteiger partial charge in [0.25, 0.3) is 0 Å². The van der Waals surface area contributed by atoms with Crippen LogP contribution in [-0.2, 0) is 14.8 Å². The van der Waals surface area contributed by atoms with Gasteiger partial charge in [0.2, 0.25) is 10.0 Å². The van der Waals surface area contributed by atoms with Gasteiger partial charge in [-0.3, -0.25) is 0 Å². The standard InChI is InChI=1S/C10H14N2O4S.N/c1-9-8-11(13)3-2-10(9)17(14,15)12-4-6-16-7-5-12;/h2-3,8H,4-7H2,1H3;. The van der Waals surface area contributed by atoms with E-state index in [4.69, 9.17) is 4.74 Å². The first kappa shape index (κ1) is 14.8. The van der Waals surface area contributed by atoms with E-state index >= 15 is 0 Å². The summed E-state index contributed by atoms with van der Waals surface area (Å²) in [6.45, 7) is 3.14. The van der Waals surface area contributed by atoms with Crippen molar-refractivity contribution in [2.45, 2.75) is 11.8 Å². The van der Waals surface area contributed by atoms with E-state index in [1.807, 2.05) is 0 Å². The lowest BCUT2D eigenvalue weighted by Gasteiger charge is -2.26. The Morgan fingerprint density at radius 2 is 2.00 bits per heavy atom. The van der Waals surface area contributed by atoms with Gasteiger partial charge < -0.3 is 9.94 Å². The van der Waals surface area contributed by atoms with Crippen LogP contribution in [0.4, 0.5) is 0 Å². The average Bonchev–Trinajstić information content (AvgIpc) is 2.29. The molecule has 0 aliphatic carbocycles. The van der Waals surface area contributed by atoms with Crippen LogP contribution in [0, 0.1) is 12.1 Å². The molecular formula is C10H14N3O4S. The van der Waals surface area contributed by atoms with Crippen LogP contribution in [0.1, 0.15) is 5.56 Å². The first-order valence-corrected chi connectivity index (χ1v) is 6.73. The van der Waals surface area contributed by atoms with E-state index < -0.39 is 10.0 Å². The molecule has 8 heteroatoms. The van der Waals surface area contributed by atoms with Gasteiger partial charge in [-0.2, -0.15) is 9.04 Å². The van der Waals surface area contributed by atoms with Gasteiger partial charge in [0, 0.05) is 30.9 Å². The maximum Gasteiger partial charge on any atom is 0.243 e. The minimum Gasteiger partial charge on any atom is -0.619 e. The molecule has 1 aromatic rings. The molecule has 0 amide bonds. The molecular weight excluding hydrogens is 258 g/mol. The van der Waals surface area contributed by atoms with Crippen molar-refractivity contribution in [1.82, 2.24) is 10.5 Å². The van der Waals surface area contributed by atoms with Crippen molar-refractivity contribution in [1.29, 1.82) is 0 Å². The molecule has 99 valence electrons. The normalized spacial score (nSPS) is 17.2. The maximum absolute atomic E-state index is 12.3. The number of ether oxygens (including phenoxy) is 1. The molecule has 0 saturated carbocycles. The highest BCUT2D eigenvalue weighted by atomic mass is 32.2. The average molecular weight is 272 g/mol. The fraction of sp³-hybridized carbons (Fsp3) is 0.500. The maximum atomic E-state index is 12.3. The summed E-state index contributed by atoms with van der Waals surface area (Å²) in [7, 11) is -3.51. The highest BCUT2D eigenvalue weighted by Gasteiger charge is 2.28. The largest absolute Gasteiger partial charge is 0.619 e. The fourth-order valence-corrected chi connectivity index (χ4v) is 3.39. The quantitative estimate of drug-likeness (QED) is 0.517. The number of hydrogen-bond acceptors (Lipinski definition) is 4. The third kappa shape index (κ3) is 2.78. The highest BCUT2D eigenvalue weighted by molar-refractivity contribution is 7.89. The Bertz CT molecular complexity index is 512. The van der Waals surface area contributed by atoms with Crippen LogP contribution in [0.25, 0.3) is 0 Å². The number of rotatable bonds is 2. The zero-order chi connectivity index (χ0) is 12.5. The summed E-state index contributed by atoms with van der Waals surface area (Å²) in [5.41, 5.74) is 0.453. The number of morpholine rings is 1. The van der Waals surface area contributed by atoms with Gasteiger partial charge >= 0.3 is 0 Å². The van der Waals surface area contributed by atoms with Crippen LogP contribution in [0.15, 0.2) is 23.4 Å².